The lowest BCUT2D eigenvalue weighted by Gasteiger charge is -2.08. The zero-order chi connectivity index (χ0) is 10.7. The summed E-state index contributed by atoms with van der Waals surface area (Å²) in [5.41, 5.74) is 2.24. The molecule has 78 valence electrons. The molecule has 1 aromatic heterocycles. The second-order valence-electron chi connectivity index (χ2n) is 4.12. The van der Waals surface area contributed by atoms with Crippen molar-refractivity contribution in [1.82, 2.24) is 9.78 Å². The third-order valence-electron chi connectivity index (χ3n) is 2.29. The van der Waals surface area contributed by atoms with Gasteiger partial charge in [0.25, 0.3) is 0 Å². The van der Waals surface area contributed by atoms with E-state index in [1.807, 2.05) is 18.7 Å². The molecule has 1 rings (SSSR count). The number of aromatic nitrogens is 2. The standard InChI is InChI=1S/C11H18N2O/c1-8(5-10(3)14)6-11-7-9(2)12-13(11)4/h7-8H,5-6H2,1-4H3. The minimum absolute atomic E-state index is 0.261. The molecular weight excluding hydrogens is 176 g/mol. The van der Waals surface area contributed by atoms with Crippen molar-refractivity contribution in [3.05, 3.63) is 17.5 Å². The number of carbonyl (C=O) groups is 1. The Morgan fingerprint density at radius 2 is 2.29 bits per heavy atom. The van der Waals surface area contributed by atoms with Crippen LogP contribution < -0.4 is 0 Å². The Bertz CT molecular complexity index is 328. The minimum Gasteiger partial charge on any atom is -0.300 e. The van der Waals surface area contributed by atoms with Gasteiger partial charge in [-0.2, -0.15) is 5.10 Å². The maximum Gasteiger partial charge on any atom is 0.130 e. The van der Waals surface area contributed by atoms with Gasteiger partial charge in [0.2, 0.25) is 0 Å². The predicted molar refractivity (Wildman–Crippen MR) is 56.1 cm³/mol. The summed E-state index contributed by atoms with van der Waals surface area (Å²) in [6, 6.07) is 2.08. The molecule has 14 heavy (non-hydrogen) atoms. The monoisotopic (exact) mass is 194 g/mol. The molecule has 3 heteroatoms. The SMILES string of the molecule is CC(=O)CC(C)Cc1cc(C)nn1C. The van der Waals surface area contributed by atoms with Crippen LogP contribution in [0.15, 0.2) is 6.07 Å². The molecule has 3 nitrogen and oxygen atoms in total. The van der Waals surface area contributed by atoms with Gasteiger partial charge in [-0.15, -0.1) is 0 Å². The average molecular weight is 194 g/mol. The van der Waals surface area contributed by atoms with Crippen LogP contribution in [0, 0.1) is 12.8 Å². The molecule has 0 aromatic carbocycles. The summed E-state index contributed by atoms with van der Waals surface area (Å²) in [6.07, 6.45) is 1.58. The summed E-state index contributed by atoms with van der Waals surface area (Å²) in [5.74, 6) is 0.665. The van der Waals surface area contributed by atoms with Crippen LogP contribution in [-0.4, -0.2) is 15.6 Å². The number of ketones is 1. The van der Waals surface area contributed by atoms with Crippen LogP contribution in [0.4, 0.5) is 0 Å². The van der Waals surface area contributed by atoms with Crippen molar-refractivity contribution in [3.8, 4) is 0 Å². The van der Waals surface area contributed by atoms with Gasteiger partial charge < -0.3 is 4.79 Å². The Morgan fingerprint density at radius 3 is 2.71 bits per heavy atom. The van der Waals surface area contributed by atoms with E-state index in [0.29, 0.717) is 12.3 Å². The maximum absolute atomic E-state index is 10.9. The predicted octanol–water partition coefficient (Wildman–Crippen LogP) is 1.89. The van der Waals surface area contributed by atoms with E-state index in [9.17, 15) is 4.79 Å². The van der Waals surface area contributed by atoms with E-state index in [0.717, 1.165) is 12.1 Å². The lowest BCUT2D eigenvalue weighted by Crippen LogP contribution is -2.08. The Labute approximate surface area is 85.1 Å². The summed E-state index contributed by atoms with van der Waals surface area (Å²) in [7, 11) is 1.95. The number of nitrogens with zero attached hydrogens (tertiary/aromatic N) is 2. The highest BCUT2D eigenvalue weighted by Crippen LogP contribution is 2.12. The molecule has 1 unspecified atom stereocenters. The summed E-state index contributed by atoms with van der Waals surface area (Å²) in [4.78, 5) is 10.9. The van der Waals surface area contributed by atoms with E-state index >= 15 is 0 Å². The molecule has 0 aliphatic heterocycles. The Hall–Kier alpha value is -1.12. The molecule has 0 saturated heterocycles. The van der Waals surface area contributed by atoms with Crippen LogP contribution in [0.25, 0.3) is 0 Å². The van der Waals surface area contributed by atoms with Crippen LogP contribution in [0.5, 0.6) is 0 Å². The van der Waals surface area contributed by atoms with E-state index in [-0.39, 0.29) is 5.78 Å². The summed E-state index contributed by atoms with van der Waals surface area (Å²) in [5, 5.41) is 4.28. The lowest BCUT2D eigenvalue weighted by atomic mass is 9.99. The van der Waals surface area contributed by atoms with Crippen molar-refractivity contribution >= 4 is 5.78 Å². The van der Waals surface area contributed by atoms with Crippen LogP contribution in [0.3, 0.4) is 0 Å². The molecule has 1 aromatic rings. The fourth-order valence-electron chi connectivity index (χ4n) is 1.78. The lowest BCUT2D eigenvalue weighted by molar-refractivity contribution is -0.117. The summed E-state index contributed by atoms with van der Waals surface area (Å²) < 4.78 is 1.89. The average Bonchev–Trinajstić information content (AvgIpc) is 2.28. The fourth-order valence-corrected chi connectivity index (χ4v) is 1.78. The largest absolute Gasteiger partial charge is 0.300 e. The number of hydrogen-bond acceptors (Lipinski definition) is 2. The van der Waals surface area contributed by atoms with E-state index in [1.54, 1.807) is 6.92 Å². The second-order valence-corrected chi connectivity index (χ2v) is 4.12. The van der Waals surface area contributed by atoms with Gasteiger partial charge in [0.05, 0.1) is 5.69 Å². The van der Waals surface area contributed by atoms with Crippen LogP contribution in [0.1, 0.15) is 31.7 Å². The van der Waals surface area contributed by atoms with E-state index in [1.165, 1.54) is 5.69 Å². The van der Waals surface area contributed by atoms with Gasteiger partial charge in [-0.1, -0.05) is 6.92 Å². The molecule has 0 spiro atoms. The molecule has 0 saturated carbocycles. The van der Waals surface area contributed by atoms with Gasteiger partial charge in [0.1, 0.15) is 5.78 Å². The Kier molecular flexibility index (Phi) is 3.44. The minimum atomic E-state index is 0.261. The first kappa shape index (κ1) is 11.0. The molecule has 1 atom stereocenters. The van der Waals surface area contributed by atoms with Crippen molar-refractivity contribution in [2.75, 3.05) is 0 Å². The molecule has 0 radical (unpaired) electrons. The second kappa shape index (κ2) is 4.40. The quantitative estimate of drug-likeness (QED) is 0.733. The number of hydrogen-bond donors (Lipinski definition) is 0. The van der Waals surface area contributed by atoms with Gasteiger partial charge in [0, 0.05) is 19.2 Å². The van der Waals surface area contributed by atoms with Gasteiger partial charge >= 0.3 is 0 Å². The molecule has 0 N–H and O–H groups in total. The zero-order valence-corrected chi connectivity index (χ0v) is 9.37. The molecule has 0 aliphatic carbocycles. The number of carbonyl (C=O) groups excluding carboxylic acids is 1. The highest BCUT2D eigenvalue weighted by atomic mass is 16.1. The molecule has 0 bridgehead atoms. The normalized spacial score (nSPS) is 12.9. The van der Waals surface area contributed by atoms with Crippen LogP contribution >= 0.6 is 0 Å². The van der Waals surface area contributed by atoms with Gasteiger partial charge in [-0.3, -0.25) is 4.68 Å². The highest BCUT2D eigenvalue weighted by Gasteiger charge is 2.09. The smallest absolute Gasteiger partial charge is 0.130 e. The number of rotatable bonds is 4. The molecule has 0 amide bonds. The van der Waals surface area contributed by atoms with Crippen molar-refractivity contribution in [2.24, 2.45) is 13.0 Å². The zero-order valence-electron chi connectivity index (χ0n) is 9.37. The van der Waals surface area contributed by atoms with Crippen LogP contribution in [-0.2, 0) is 18.3 Å². The fraction of sp³-hybridized carbons (Fsp3) is 0.636. The molecular formula is C11H18N2O. The first-order chi connectivity index (χ1) is 6.49. The first-order valence-electron chi connectivity index (χ1n) is 4.98. The number of aryl methyl sites for hydroxylation is 2. The molecule has 0 fully saturated rings. The van der Waals surface area contributed by atoms with E-state index in [4.69, 9.17) is 0 Å². The summed E-state index contributed by atoms with van der Waals surface area (Å²) >= 11 is 0. The Morgan fingerprint density at radius 1 is 1.64 bits per heavy atom. The van der Waals surface area contributed by atoms with Crippen molar-refractivity contribution < 1.29 is 4.79 Å². The van der Waals surface area contributed by atoms with Crippen molar-refractivity contribution in [1.29, 1.82) is 0 Å². The molecule has 0 aliphatic rings. The topological polar surface area (TPSA) is 34.9 Å². The number of Topliss-reactive ketones (excluding diaryl/α,β-unsaturated/α-hetero) is 1. The third kappa shape index (κ3) is 2.98. The van der Waals surface area contributed by atoms with Crippen LogP contribution in [0.2, 0.25) is 0 Å². The van der Waals surface area contributed by atoms with Crippen molar-refractivity contribution in [3.63, 3.8) is 0 Å². The van der Waals surface area contributed by atoms with Crippen molar-refractivity contribution in [2.45, 2.75) is 33.6 Å². The Balaban J connectivity index is 2.59. The maximum atomic E-state index is 10.9. The summed E-state index contributed by atoms with van der Waals surface area (Å²) in [6.45, 7) is 5.73. The van der Waals surface area contributed by atoms with Gasteiger partial charge in [-0.05, 0) is 32.3 Å². The van der Waals surface area contributed by atoms with E-state index in [2.05, 4.69) is 18.1 Å². The third-order valence-corrected chi connectivity index (χ3v) is 2.29. The molecule has 1 heterocycles. The highest BCUT2D eigenvalue weighted by molar-refractivity contribution is 5.75. The first-order valence-corrected chi connectivity index (χ1v) is 4.98. The van der Waals surface area contributed by atoms with Gasteiger partial charge in [0.15, 0.2) is 0 Å². The van der Waals surface area contributed by atoms with Gasteiger partial charge in [-0.25, -0.2) is 0 Å². The van der Waals surface area contributed by atoms with E-state index < -0.39 is 0 Å².